The van der Waals surface area contributed by atoms with Crippen LogP contribution in [-0.4, -0.2) is 11.1 Å². The molecule has 0 aromatic heterocycles. The Bertz CT molecular complexity index is 424. The zero-order valence-corrected chi connectivity index (χ0v) is 10.7. The molecular formula is C14H18F2O2. The average molecular weight is 256 g/mol. The summed E-state index contributed by atoms with van der Waals surface area (Å²) < 4.78 is 26.8. The lowest BCUT2D eigenvalue weighted by molar-refractivity contribution is -0.144. The Hall–Kier alpha value is -1.45. The van der Waals surface area contributed by atoms with E-state index in [-0.39, 0.29) is 5.56 Å². The topological polar surface area (TPSA) is 37.3 Å². The van der Waals surface area contributed by atoms with Crippen LogP contribution in [0.15, 0.2) is 18.2 Å². The maximum Gasteiger partial charge on any atom is 0.314 e. The van der Waals surface area contributed by atoms with E-state index < -0.39 is 23.0 Å². The zero-order chi connectivity index (χ0) is 13.8. The number of carboxylic acid groups (broad SMARTS) is 1. The van der Waals surface area contributed by atoms with Crippen molar-refractivity contribution in [2.75, 3.05) is 0 Å². The maximum atomic E-state index is 13.8. The lowest BCUT2D eigenvalue weighted by Crippen LogP contribution is -2.36. The first-order chi connectivity index (χ1) is 8.47. The van der Waals surface area contributed by atoms with Gasteiger partial charge >= 0.3 is 5.97 Å². The quantitative estimate of drug-likeness (QED) is 0.838. The zero-order valence-electron chi connectivity index (χ0n) is 10.7. The summed E-state index contributed by atoms with van der Waals surface area (Å²) in [6.07, 6.45) is 1.95. The van der Waals surface area contributed by atoms with Crippen LogP contribution in [0.2, 0.25) is 0 Å². The van der Waals surface area contributed by atoms with Crippen LogP contribution in [0.1, 0.15) is 45.1 Å². The Kier molecular flexibility index (Phi) is 4.82. The van der Waals surface area contributed by atoms with Crippen LogP contribution < -0.4 is 0 Å². The minimum atomic E-state index is -1.25. The predicted molar refractivity (Wildman–Crippen MR) is 65.5 cm³/mol. The van der Waals surface area contributed by atoms with Crippen LogP contribution in [0, 0.1) is 11.6 Å². The van der Waals surface area contributed by atoms with Crippen molar-refractivity contribution in [3.8, 4) is 0 Å². The van der Waals surface area contributed by atoms with Gasteiger partial charge in [-0.25, -0.2) is 8.78 Å². The number of benzene rings is 1. The molecule has 0 spiro atoms. The highest BCUT2D eigenvalue weighted by molar-refractivity contribution is 5.81. The van der Waals surface area contributed by atoms with Crippen LogP contribution in [0.3, 0.4) is 0 Å². The summed E-state index contributed by atoms with van der Waals surface area (Å²) in [5, 5.41) is 9.47. The molecule has 100 valence electrons. The monoisotopic (exact) mass is 256 g/mol. The Balaban J connectivity index is 3.35. The van der Waals surface area contributed by atoms with Gasteiger partial charge < -0.3 is 5.11 Å². The highest BCUT2D eigenvalue weighted by Gasteiger charge is 2.40. The van der Waals surface area contributed by atoms with Crippen molar-refractivity contribution < 1.29 is 18.7 Å². The van der Waals surface area contributed by atoms with Crippen molar-refractivity contribution in [1.82, 2.24) is 0 Å². The first-order valence-electron chi connectivity index (χ1n) is 6.17. The van der Waals surface area contributed by atoms with E-state index in [1.807, 2.05) is 13.8 Å². The predicted octanol–water partition coefficient (Wildman–Crippen LogP) is 3.89. The van der Waals surface area contributed by atoms with Crippen molar-refractivity contribution in [2.24, 2.45) is 0 Å². The summed E-state index contributed by atoms with van der Waals surface area (Å²) in [5.74, 6) is -2.51. The molecule has 0 amide bonds. The molecule has 0 atom stereocenters. The summed E-state index contributed by atoms with van der Waals surface area (Å²) in [5.41, 5.74) is -1.17. The van der Waals surface area contributed by atoms with Gasteiger partial charge in [-0.1, -0.05) is 32.8 Å². The minimum Gasteiger partial charge on any atom is -0.481 e. The van der Waals surface area contributed by atoms with Crippen LogP contribution in [-0.2, 0) is 10.2 Å². The van der Waals surface area contributed by atoms with Gasteiger partial charge in [-0.05, 0) is 18.9 Å². The molecule has 1 N–H and O–H groups in total. The van der Waals surface area contributed by atoms with E-state index in [0.717, 1.165) is 12.1 Å². The molecule has 1 aromatic rings. The largest absolute Gasteiger partial charge is 0.481 e. The second-order valence-electron chi connectivity index (χ2n) is 4.51. The van der Waals surface area contributed by atoms with Crippen molar-refractivity contribution in [1.29, 1.82) is 0 Å². The Labute approximate surface area is 106 Å². The molecule has 4 heteroatoms. The molecule has 2 nitrogen and oxygen atoms in total. The van der Waals surface area contributed by atoms with Gasteiger partial charge in [0.15, 0.2) is 0 Å². The number of hydrogen-bond acceptors (Lipinski definition) is 1. The molecule has 0 unspecified atom stereocenters. The molecule has 1 rings (SSSR count). The summed E-state index contributed by atoms with van der Waals surface area (Å²) in [6.45, 7) is 3.71. The van der Waals surface area contributed by atoms with Crippen molar-refractivity contribution in [3.05, 3.63) is 35.4 Å². The first kappa shape index (κ1) is 14.6. The van der Waals surface area contributed by atoms with Crippen LogP contribution in [0.5, 0.6) is 0 Å². The normalized spacial score (nSPS) is 11.6. The average Bonchev–Trinajstić information content (AvgIpc) is 2.28. The number of hydrogen-bond donors (Lipinski definition) is 1. The van der Waals surface area contributed by atoms with E-state index in [0.29, 0.717) is 25.7 Å². The van der Waals surface area contributed by atoms with E-state index in [1.54, 1.807) is 0 Å². The van der Waals surface area contributed by atoms with E-state index in [2.05, 4.69) is 0 Å². The van der Waals surface area contributed by atoms with Gasteiger partial charge in [0, 0.05) is 11.6 Å². The van der Waals surface area contributed by atoms with Gasteiger partial charge in [-0.15, -0.1) is 0 Å². The van der Waals surface area contributed by atoms with E-state index in [9.17, 15) is 18.7 Å². The molecule has 0 bridgehead atoms. The molecule has 0 saturated heterocycles. The Morgan fingerprint density at radius 2 is 1.78 bits per heavy atom. The summed E-state index contributed by atoms with van der Waals surface area (Å²) >= 11 is 0. The van der Waals surface area contributed by atoms with Crippen LogP contribution >= 0.6 is 0 Å². The lowest BCUT2D eigenvalue weighted by atomic mass is 9.73. The van der Waals surface area contributed by atoms with E-state index in [1.165, 1.54) is 6.07 Å². The third-order valence-electron chi connectivity index (χ3n) is 3.21. The van der Waals surface area contributed by atoms with Gasteiger partial charge in [0.1, 0.15) is 11.6 Å². The van der Waals surface area contributed by atoms with Crippen molar-refractivity contribution >= 4 is 5.97 Å². The molecule has 0 heterocycles. The first-order valence-corrected chi connectivity index (χ1v) is 6.17. The van der Waals surface area contributed by atoms with Gasteiger partial charge in [0.2, 0.25) is 0 Å². The van der Waals surface area contributed by atoms with Gasteiger partial charge in [0.25, 0.3) is 0 Å². The molecule has 0 radical (unpaired) electrons. The molecule has 18 heavy (non-hydrogen) atoms. The molecule has 0 aliphatic heterocycles. The highest BCUT2D eigenvalue weighted by Crippen LogP contribution is 2.36. The minimum absolute atomic E-state index is 0.0834. The lowest BCUT2D eigenvalue weighted by Gasteiger charge is -2.29. The number of aliphatic carboxylic acids is 1. The third kappa shape index (κ3) is 2.68. The molecule has 0 fully saturated rings. The van der Waals surface area contributed by atoms with Crippen LogP contribution in [0.4, 0.5) is 8.78 Å². The summed E-state index contributed by atoms with van der Waals surface area (Å²) in [4.78, 5) is 11.6. The number of carboxylic acids is 1. The van der Waals surface area contributed by atoms with Crippen molar-refractivity contribution in [2.45, 2.75) is 44.9 Å². The SMILES string of the molecule is CCCC(CCC)(C(=O)O)c1ccc(F)cc1F. The number of carbonyl (C=O) groups is 1. The summed E-state index contributed by atoms with van der Waals surface area (Å²) in [6, 6.07) is 3.11. The fraction of sp³-hybridized carbons (Fsp3) is 0.500. The smallest absolute Gasteiger partial charge is 0.314 e. The standard InChI is InChI=1S/C14H18F2O2/c1-3-7-14(8-4-2,13(17)18)11-6-5-10(15)9-12(11)16/h5-6,9H,3-4,7-8H2,1-2H3,(H,17,18). The third-order valence-corrected chi connectivity index (χ3v) is 3.21. The maximum absolute atomic E-state index is 13.8. The number of rotatable bonds is 6. The van der Waals surface area contributed by atoms with Crippen LogP contribution in [0.25, 0.3) is 0 Å². The Morgan fingerprint density at radius 3 is 2.17 bits per heavy atom. The molecular weight excluding hydrogens is 238 g/mol. The van der Waals surface area contributed by atoms with Gasteiger partial charge in [0.05, 0.1) is 5.41 Å². The van der Waals surface area contributed by atoms with Gasteiger partial charge in [-0.3, -0.25) is 4.79 Å². The van der Waals surface area contributed by atoms with Crippen molar-refractivity contribution in [3.63, 3.8) is 0 Å². The van der Waals surface area contributed by atoms with E-state index >= 15 is 0 Å². The number of halogens is 2. The summed E-state index contributed by atoms with van der Waals surface area (Å²) in [7, 11) is 0. The fourth-order valence-corrected chi connectivity index (χ4v) is 2.45. The highest BCUT2D eigenvalue weighted by atomic mass is 19.1. The molecule has 0 aliphatic carbocycles. The second-order valence-corrected chi connectivity index (χ2v) is 4.51. The Morgan fingerprint density at radius 1 is 1.22 bits per heavy atom. The molecule has 0 aliphatic rings. The van der Waals surface area contributed by atoms with E-state index in [4.69, 9.17) is 0 Å². The molecule has 0 saturated carbocycles. The van der Waals surface area contributed by atoms with Gasteiger partial charge in [-0.2, -0.15) is 0 Å². The fourth-order valence-electron chi connectivity index (χ4n) is 2.45. The second kappa shape index (κ2) is 5.94. The molecule has 1 aromatic carbocycles.